The maximum Gasteiger partial charge on any atom is 4.00 e. The van der Waals surface area contributed by atoms with E-state index in [9.17, 15) is 0 Å². The van der Waals surface area contributed by atoms with E-state index in [1.807, 2.05) is 59.3 Å². The molecule has 12 rings (SSSR count). The molecule has 0 unspecified atom stereocenters. The van der Waals surface area contributed by atoms with Crippen molar-refractivity contribution in [3.05, 3.63) is 226 Å². The molecule has 4 aromatic heterocycles. The van der Waals surface area contributed by atoms with Crippen LogP contribution >= 0.6 is 0 Å². The largest absolute Gasteiger partial charge is 4.00 e. The van der Waals surface area contributed by atoms with Gasteiger partial charge in [-0.05, 0) is 76.1 Å². The minimum absolute atomic E-state index is 0. The van der Waals surface area contributed by atoms with Crippen molar-refractivity contribution in [3.63, 3.8) is 0 Å². The molecule has 0 spiro atoms. The molecule has 8 aromatic carbocycles. The first-order chi connectivity index (χ1) is 31.4. The molecule has 0 bridgehead atoms. The molecule has 4 heterocycles. The molecule has 0 fully saturated rings. The predicted octanol–water partition coefficient (Wildman–Crippen LogP) is 14.1. The van der Waals surface area contributed by atoms with E-state index in [0.29, 0.717) is 11.5 Å². The van der Waals surface area contributed by atoms with E-state index in [-0.39, 0.29) is 33.9 Å². The Morgan fingerprint density at radius 2 is 1.18 bits per heavy atom. The Labute approximate surface area is 398 Å². The second-order valence-corrected chi connectivity index (χ2v) is 17.3. The van der Waals surface area contributed by atoms with Crippen molar-refractivity contribution in [2.45, 2.75) is 26.2 Å². The van der Waals surface area contributed by atoms with Gasteiger partial charge in [-0.15, -0.1) is 29.7 Å². The zero-order chi connectivity index (χ0) is 42.9. The van der Waals surface area contributed by atoms with E-state index >= 15 is 0 Å². The smallest absolute Gasteiger partial charge is 0.510 e. The number of imidazole rings is 1. The van der Waals surface area contributed by atoms with E-state index in [1.54, 1.807) is 0 Å². The van der Waals surface area contributed by atoms with Crippen LogP contribution in [0.15, 0.2) is 194 Å². The topological polar surface area (TPSA) is 40.8 Å². The third-order valence-electron chi connectivity index (χ3n) is 12.3. The normalized spacial score (nSPS) is 11.6. The molecule has 0 aliphatic rings. The van der Waals surface area contributed by atoms with Crippen molar-refractivity contribution in [2.75, 3.05) is 0 Å². The number of hydrogen-bond acceptors (Lipinski definition) is 2. The Morgan fingerprint density at radius 1 is 0.545 bits per heavy atom. The molecule has 0 aliphatic heterocycles. The molecule has 0 saturated carbocycles. The molecular formula is C59H44N5OPt+. The van der Waals surface area contributed by atoms with E-state index in [4.69, 9.17) is 9.72 Å². The minimum Gasteiger partial charge on any atom is -0.510 e. The van der Waals surface area contributed by atoms with Gasteiger partial charge in [0.2, 0.25) is 0 Å². The summed E-state index contributed by atoms with van der Waals surface area (Å²) in [5.41, 5.74) is 12.6. The van der Waals surface area contributed by atoms with Crippen molar-refractivity contribution in [1.82, 2.24) is 18.7 Å². The second-order valence-electron chi connectivity index (χ2n) is 17.3. The fraction of sp³-hybridized carbons (Fsp3) is 0.0678. The molecule has 0 radical (unpaired) electrons. The first kappa shape index (κ1) is 42.4. The van der Waals surface area contributed by atoms with Crippen LogP contribution in [0.2, 0.25) is 0 Å². The monoisotopic (exact) mass is 1030 g/mol. The molecule has 0 N–H and O–H groups in total. The molecule has 0 atom stereocenters. The van der Waals surface area contributed by atoms with Gasteiger partial charge in [-0.2, -0.15) is 18.2 Å². The van der Waals surface area contributed by atoms with E-state index < -0.39 is 0 Å². The Morgan fingerprint density at radius 3 is 1.95 bits per heavy atom. The van der Waals surface area contributed by atoms with Gasteiger partial charge < -0.3 is 25.9 Å². The molecular weight excluding hydrogens is 990 g/mol. The first-order valence-corrected chi connectivity index (χ1v) is 21.6. The summed E-state index contributed by atoms with van der Waals surface area (Å²) >= 11 is 0. The molecule has 7 heteroatoms. The van der Waals surface area contributed by atoms with Crippen LogP contribution in [0.3, 0.4) is 0 Å². The van der Waals surface area contributed by atoms with Crippen molar-refractivity contribution in [2.24, 2.45) is 0 Å². The van der Waals surface area contributed by atoms with Crippen LogP contribution in [0.5, 0.6) is 11.5 Å². The number of nitrogens with zero attached hydrogens (tertiary/aromatic N) is 5. The van der Waals surface area contributed by atoms with Crippen LogP contribution < -0.4 is 9.30 Å². The van der Waals surface area contributed by atoms with Crippen molar-refractivity contribution in [3.8, 4) is 45.5 Å². The van der Waals surface area contributed by atoms with Crippen LogP contribution in [0.1, 0.15) is 26.3 Å². The van der Waals surface area contributed by atoms with E-state index in [2.05, 4.69) is 192 Å². The quantitative estimate of drug-likeness (QED) is 0.118. The van der Waals surface area contributed by atoms with Gasteiger partial charge in [0.1, 0.15) is 5.82 Å². The van der Waals surface area contributed by atoms with Gasteiger partial charge in [0, 0.05) is 39.5 Å². The van der Waals surface area contributed by atoms with Gasteiger partial charge in [-0.3, -0.25) is 4.57 Å². The molecule has 0 amide bonds. The summed E-state index contributed by atoms with van der Waals surface area (Å²) in [6.07, 6.45) is 5.48. The Hall–Kier alpha value is -7.53. The molecule has 6 nitrogen and oxygen atoms in total. The Bertz CT molecular complexity index is 3710. The average Bonchev–Trinajstić information content (AvgIpc) is 4.00. The van der Waals surface area contributed by atoms with E-state index in [1.165, 1.54) is 27.4 Å². The van der Waals surface area contributed by atoms with Crippen molar-refractivity contribution >= 4 is 54.6 Å². The third kappa shape index (κ3) is 7.01. The standard InChI is InChI=1S/C58H41N5O.CH3.Pt/c1-58(2,3)39-33-34-59-56(35-39)63-54-30-16-24-47(46-23-9-12-27-51(46)62-49-25-10-7-21-44(49)45-22-8-11-26-50(45)62)57(54)48-32-31-43(37-55(48)63)64-42-20-15-19-41(36-42)61-38-60(40-17-5-4-6-18-40)52-28-13-14-29-53(52)61;;/h4-35H,1-3H3;1H3;/q-2;-1;+4. The molecule has 66 heavy (non-hydrogen) atoms. The molecule has 320 valence electrons. The molecule has 0 aliphatic carbocycles. The summed E-state index contributed by atoms with van der Waals surface area (Å²) < 4.78 is 15.5. The van der Waals surface area contributed by atoms with Crippen LogP contribution in [0, 0.1) is 25.9 Å². The van der Waals surface area contributed by atoms with E-state index in [0.717, 1.165) is 66.8 Å². The zero-order valence-electron chi connectivity index (χ0n) is 36.9. The summed E-state index contributed by atoms with van der Waals surface area (Å²) in [7, 11) is 0. The van der Waals surface area contributed by atoms with Gasteiger partial charge in [0.15, 0.2) is 0 Å². The SMILES string of the molecule is CC(C)(C)c1ccnc(-n2c3[c-]c(Oc4[c-]c(-n5[c-][n+](-c6ccccc6)c6ccccc65)ccc4)ccc3c3c(-c4ccccc4-n4c5ccccc5c5ccccc54)cccc32)c1.[CH3-].[Pt+4]. The number of benzene rings is 8. The van der Waals surface area contributed by atoms with Crippen LogP contribution in [0.25, 0.3) is 88.7 Å². The van der Waals surface area contributed by atoms with Gasteiger partial charge >= 0.3 is 21.1 Å². The summed E-state index contributed by atoms with van der Waals surface area (Å²) in [6, 6.07) is 73.0. The van der Waals surface area contributed by atoms with Crippen molar-refractivity contribution < 1.29 is 30.4 Å². The maximum atomic E-state index is 6.70. The number of aromatic nitrogens is 5. The number of pyridine rings is 1. The van der Waals surface area contributed by atoms with Gasteiger partial charge in [0.25, 0.3) is 6.33 Å². The van der Waals surface area contributed by atoms with Crippen molar-refractivity contribution in [1.29, 1.82) is 0 Å². The number of hydrogen-bond donors (Lipinski definition) is 0. The second kappa shape index (κ2) is 16.8. The summed E-state index contributed by atoms with van der Waals surface area (Å²) in [5.74, 6) is 1.97. The van der Waals surface area contributed by atoms with Crippen LogP contribution in [-0.4, -0.2) is 18.7 Å². The van der Waals surface area contributed by atoms with Crippen LogP contribution in [-0.2, 0) is 26.5 Å². The maximum absolute atomic E-state index is 6.70. The molecule has 0 saturated heterocycles. The fourth-order valence-electron chi connectivity index (χ4n) is 9.33. The average molecular weight is 1030 g/mol. The summed E-state index contributed by atoms with van der Waals surface area (Å²) in [5, 5.41) is 4.63. The van der Waals surface area contributed by atoms with Gasteiger partial charge in [-0.25, -0.2) is 4.98 Å². The fourth-order valence-corrected chi connectivity index (χ4v) is 9.33. The number of fused-ring (bicyclic) bond motifs is 7. The Kier molecular flexibility index (Phi) is 10.8. The number of ether oxygens (including phenoxy) is 1. The summed E-state index contributed by atoms with van der Waals surface area (Å²) in [4.78, 5) is 5.02. The Balaban J connectivity index is 0.00000256. The zero-order valence-corrected chi connectivity index (χ0v) is 39.2. The van der Waals surface area contributed by atoms with Crippen LogP contribution in [0.4, 0.5) is 0 Å². The predicted molar refractivity (Wildman–Crippen MR) is 265 cm³/mol. The number of rotatable bonds is 7. The van der Waals surface area contributed by atoms with Gasteiger partial charge in [-0.1, -0.05) is 135 Å². The number of para-hydroxylation sites is 6. The molecule has 12 aromatic rings. The van der Waals surface area contributed by atoms with Gasteiger partial charge in [0.05, 0.1) is 33.4 Å². The minimum atomic E-state index is -0.0788. The third-order valence-corrected chi connectivity index (χ3v) is 12.3. The first-order valence-electron chi connectivity index (χ1n) is 21.6. The summed E-state index contributed by atoms with van der Waals surface area (Å²) in [6.45, 7) is 6.71.